The van der Waals surface area contributed by atoms with E-state index in [-0.39, 0.29) is 10.8 Å². The van der Waals surface area contributed by atoms with Crippen LogP contribution in [0.1, 0.15) is 62.8 Å². The maximum Gasteiger partial charge on any atom is 0.0465 e. The molecule has 262 valence electrons. The Kier molecular flexibility index (Phi) is 7.36. The van der Waals surface area contributed by atoms with E-state index in [1.54, 1.807) is 0 Å². The number of rotatable bonds is 6. The van der Waals surface area contributed by atoms with Gasteiger partial charge in [-0.25, -0.2) is 0 Å². The molecule has 3 aliphatic carbocycles. The van der Waals surface area contributed by atoms with Crippen molar-refractivity contribution in [3.05, 3.63) is 203 Å². The summed E-state index contributed by atoms with van der Waals surface area (Å²) in [5, 5.41) is 2.75. The van der Waals surface area contributed by atoms with E-state index in [1.165, 1.54) is 78.1 Å². The average Bonchev–Trinajstić information content (AvgIpc) is 3.59. The van der Waals surface area contributed by atoms with Crippen molar-refractivity contribution in [2.45, 2.75) is 51.4 Å². The monoisotopic (exact) mass is 696 g/mol. The predicted molar refractivity (Wildman–Crippen MR) is 228 cm³/mol. The number of allylic oxidation sites excluding steroid dienone is 4. The Morgan fingerprint density at radius 1 is 0.407 bits per heavy atom. The summed E-state index contributed by atoms with van der Waals surface area (Å²) in [6.07, 6.45) is 4.52. The zero-order chi connectivity index (χ0) is 36.6. The summed E-state index contributed by atoms with van der Waals surface area (Å²) in [5.41, 5.74) is 18.4. The van der Waals surface area contributed by atoms with E-state index in [0.29, 0.717) is 0 Å². The lowest BCUT2D eigenvalue weighted by Gasteiger charge is -2.32. The van der Waals surface area contributed by atoms with Crippen LogP contribution in [-0.2, 0) is 10.8 Å². The van der Waals surface area contributed by atoms with Crippen molar-refractivity contribution in [2.24, 2.45) is 0 Å². The number of hydrogen-bond acceptors (Lipinski definition) is 2. The normalized spacial score (nSPS) is 16.0. The van der Waals surface area contributed by atoms with E-state index in [4.69, 9.17) is 0 Å². The fraction of sp³-hybridized carbons (Fsp3) is 0.154. The first-order chi connectivity index (χ1) is 26.3. The summed E-state index contributed by atoms with van der Waals surface area (Å²) < 4.78 is 0. The first-order valence-electron chi connectivity index (χ1n) is 19.3. The Morgan fingerprint density at radius 3 is 1.43 bits per heavy atom. The van der Waals surface area contributed by atoms with E-state index < -0.39 is 0 Å². The largest absolute Gasteiger partial charge is 0.314 e. The average molecular weight is 697 g/mol. The first kappa shape index (κ1) is 32.5. The zero-order valence-electron chi connectivity index (χ0n) is 31.5. The van der Waals surface area contributed by atoms with Crippen LogP contribution in [0.15, 0.2) is 181 Å². The molecule has 0 saturated carbocycles. The van der Waals surface area contributed by atoms with Gasteiger partial charge >= 0.3 is 0 Å². The maximum absolute atomic E-state index is 2.52. The molecule has 0 radical (unpaired) electrons. The molecule has 0 amide bonds. The number of para-hydroxylation sites is 4. The fourth-order valence-corrected chi connectivity index (χ4v) is 9.70. The van der Waals surface area contributed by atoms with Crippen molar-refractivity contribution in [3.8, 4) is 11.1 Å². The second-order valence-electron chi connectivity index (χ2n) is 16.1. The Morgan fingerprint density at radius 2 is 0.889 bits per heavy atom. The van der Waals surface area contributed by atoms with Gasteiger partial charge in [-0.3, -0.25) is 0 Å². The van der Waals surface area contributed by atoms with Crippen molar-refractivity contribution in [1.29, 1.82) is 0 Å². The molecular formula is C52H44N2. The Labute approximate surface area is 319 Å². The topological polar surface area (TPSA) is 6.48 Å². The van der Waals surface area contributed by atoms with Crippen LogP contribution in [0.25, 0.3) is 27.5 Å². The van der Waals surface area contributed by atoms with Crippen LogP contribution >= 0.6 is 0 Å². The molecule has 7 aromatic rings. The first-order valence-corrected chi connectivity index (χ1v) is 19.3. The number of fused-ring (bicyclic) bond motifs is 8. The molecule has 0 saturated heterocycles. The number of hydrogen-bond donors (Lipinski definition) is 0. The highest BCUT2D eigenvalue weighted by Crippen LogP contribution is 2.57. The minimum atomic E-state index is -0.141. The summed E-state index contributed by atoms with van der Waals surface area (Å²) in [6, 6.07) is 60.0. The molecular weight excluding hydrogens is 653 g/mol. The van der Waals surface area contributed by atoms with Gasteiger partial charge in [-0.15, -0.1) is 0 Å². The smallest absolute Gasteiger partial charge is 0.0465 e. The molecule has 0 N–H and O–H groups in total. The summed E-state index contributed by atoms with van der Waals surface area (Å²) in [5.74, 6) is 0. The van der Waals surface area contributed by atoms with Crippen LogP contribution in [0.3, 0.4) is 0 Å². The van der Waals surface area contributed by atoms with Gasteiger partial charge < -0.3 is 9.80 Å². The van der Waals surface area contributed by atoms with Crippen LogP contribution in [0.2, 0.25) is 0 Å². The number of anilines is 5. The van der Waals surface area contributed by atoms with E-state index in [1.807, 2.05) is 0 Å². The summed E-state index contributed by atoms with van der Waals surface area (Å²) in [4.78, 5) is 4.83. The summed E-state index contributed by atoms with van der Waals surface area (Å²) >= 11 is 0. The van der Waals surface area contributed by atoms with Crippen LogP contribution in [0.4, 0.5) is 28.4 Å². The lowest BCUT2D eigenvalue weighted by atomic mass is 9.79. The van der Waals surface area contributed by atoms with E-state index in [9.17, 15) is 0 Å². The van der Waals surface area contributed by atoms with Gasteiger partial charge in [-0.2, -0.15) is 0 Å². The van der Waals surface area contributed by atoms with Gasteiger partial charge in [0.25, 0.3) is 0 Å². The van der Waals surface area contributed by atoms with E-state index >= 15 is 0 Å². The highest BCUT2D eigenvalue weighted by atomic mass is 15.2. The Hall–Kier alpha value is -6.12. The third-order valence-corrected chi connectivity index (χ3v) is 12.3. The van der Waals surface area contributed by atoms with Crippen molar-refractivity contribution < 1.29 is 0 Å². The van der Waals surface area contributed by atoms with Crippen molar-refractivity contribution in [3.63, 3.8) is 0 Å². The van der Waals surface area contributed by atoms with Gasteiger partial charge in [-0.05, 0) is 135 Å². The van der Waals surface area contributed by atoms with Crippen molar-refractivity contribution >= 4 is 44.8 Å². The Balaban J connectivity index is 1.12. The molecule has 0 aliphatic heterocycles. The standard InChI is InChI=1S/C52H44N2/c1-51(2)45-31-29-42-41(49(45)43-27-25-39(33-47(43)51)53(35-17-9-5-10-18-35)36-19-11-6-12-20-36)30-32-46-50(42)44-28-26-40(34-48(44)52(46,3)4)54(37-21-13-7-14-22-37)38-23-15-8-16-24-38/h5-25,27,29-34H,26,28H2,1-4H3. The molecule has 0 fully saturated rings. The molecule has 2 nitrogen and oxygen atoms in total. The van der Waals surface area contributed by atoms with Gasteiger partial charge in [-0.1, -0.05) is 131 Å². The third-order valence-electron chi connectivity index (χ3n) is 12.3. The van der Waals surface area contributed by atoms with Crippen LogP contribution in [0.5, 0.6) is 0 Å². The highest BCUT2D eigenvalue weighted by molar-refractivity contribution is 6.09. The van der Waals surface area contributed by atoms with E-state index in [2.05, 4.69) is 207 Å². The molecule has 2 heteroatoms. The maximum atomic E-state index is 2.52. The van der Waals surface area contributed by atoms with E-state index in [0.717, 1.165) is 24.2 Å². The Bertz CT molecular complexity index is 2550. The SMILES string of the molecule is CC1(C)C2=C(CCC(N(c3ccccc3)c3ccccc3)=C2)c2c1ccc1c3c(ccc21)C(C)(C)c1cc(N(c2ccccc2)c2ccccc2)ccc1-3. The molecule has 0 spiro atoms. The van der Waals surface area contributed by atoms with Gasteiger partial charge in [0.15, 0.2) is 0 Å². The minimum absolute atomic E-state index is 0.104. The molecule has 10 rings (SSSR count). The highest BCUT2D eigenvalue weighted by Gasteiger charge is 2.42. The summed E-state index contributed by atoms with van der Waals surface area (Å²) in [7, 11) is 0. The quantitative estimate of drug-likeness (QED) is 0.171. The molecule has 3 aliphatic rings. The molecule has 0 bridgehead atoms. The number of nitrogens with zero attached hydrogens (tertiary/aromatic N) is 2. The van der Waals surface area contributed by atoms with Crippen LogP contribution in [-0.4, -0.2) is 0 Å². The van der Waals surface area contributed by atoms with Gasteiger partial charge in [0.05, 0.1) is 0 Å². The molecule has 54 heavy (non-hydrogen) atoms. The predicted octanol–water partition coefficient (Wildman–Crippen LogP) is 14.2. The molecule has 7 aromatic carbocycles. The van der Waals surface area contributed by atoms with Crippen LogP contribution < -0.4 is 9.80 Å². The fourth-order valence-electron chi connectivity index (χ4n) is 9.70. The molecule has 0 heterocycles. The lowest BCUT2D eigenvalue weighted by molar-refractivity contribution is 0.649. The van der Waals surface area contributed by atoms with Gasteiger partial charge in [0.1, 0.15) is 0 Å². The molecule has 0 aromatic heterocycles. The minimum Gasteiger partial charge on any atom is -0.314 e. The molecule has 0 unspecified atom stereocenters. The summed E-state index contributed by atoms with van der Waals surface area (Å²) in [6.45, 7) is 9.65. The zero-order valence-corrected chi connectivity index (χ0v) is 31.5. The molecule has 0 atom stereocenters. The van der Waals surface area contributed by atoms with Gasteiger partial charge in [0, 0.05) is 45.0 Å². The number of benzene rings is 7. The second kappa shape index (κ2) is 12.2. The van der Waals surface area contributed by atoms with Crippen molar-refractivity contribution in [1.82, 2.24) is 0 Å². The van der Waals surface area contributed by atoms with Crippen LogP contribution in [0, 0.1) is 0 Å². The van der Waals surface area contributed by atoms with Gasteiger partial charge in [0.2, 0.25) is 0 Å². The third kappa shape index (κ3) is 4.86. The lowest BCUT2D eigenvalue weighted by Crippen LogP contribution is -2.22. The van der Waals surface area contributed by atoms with Crippen molar-refractivity contribution in [2.75, 3.05) is 9.80 Å². The second-order valence-corrected chi connectivity index (χ2v) is 16.1.